The largest absolute Gasteiger partial charge is 0.445 e. The quantitative estimate of drug-likeness (QED) is 0.565. The number of carbonyl (C=O) groups excluding carboxylic acids is 1. The highest BCUT2D eigenvalue weighted by atomic mass is 127. The first-order valence-electron chi connectivity index (χ1n) is 8.29. The van der Waals surface area contributed by atoms with E-state index in [1.807, 2.05) is 42.5 Å². The number of likely N-dealkylation sites (tertiary alicyclic amines) is 1. The number of anilines is 1. The van der Waals surface area contributed by atoms with Crippen LogP contribution in [0.2, 0.25) is 0 Å². The van der Waals surface area contributed by atoms with Gasteiger partial charge in [0.2, 0.25) is 0 Å². The van der Waals surface area contributed by atoms with Gasteiger partial charge < -0.3 is 15.0 Å². The third-order valence-electron chi connectivity index (χ3n) is 4.27. The van der Waals surface area contributed by atoms with Crippen LogP contribution in [0.15, 0.2) is 53.0 Å². The van der Waals surface area contributed by atoms with Gasteiger partial charge >= 0.3 is 6.09 Å². The van der Waals surface area contributed by atoms with Crippen LogP contribution < -0.4 is 5.32 Å². The van der Waals surface area contributed by atoms with Crippen molar-refractivity contribution in [1.82, 2.24) is 4.90 Å². The van der Waals surface area contributed by atoms with Crippen LogP contribution in [0.1, 0.15) is 18.4 Å². The van der Waals surface area contributed by atoms with Gasteiger partial charge in [-0.1, -0.05) is 36.4 Å². The second-order valence-corrected chi connectivity index (χ2v) is 7.98. The van der Waals surface area contributed by atoms with Crippen LogP contribution in [0.5, 0.6) is 0 Å². The number of hydrogen-bond acceptors (Lipinski definition) is 3. The van der Waals surface area contributed by atoms with E-state index in [-0.39, 0.29) is 6.09 Å². The monoisotopic (exact) mass is 514 g/mol. The molecule has 1 heterocycles. The van der Waals surface area contributed by atoms with Crippen LogP contribution in [0.3, 0.4) is 0 Å². The van der Waals surface area contributed by atoms with Gasteiger partial charge in [0.25, 0.3) is 0 Å². The highest BCUT2D eigenvalue weighted by Crippen LogP contribution is 2.28. The summed E-state index contributed by atoms with van der Waals surface area (Å²) in [6.07, 6.45) is 1.62. The molecule has 0 spiro atoms. The third-order valence-corrected chi connectivity index (χ3v) is 6.83. The minimum atomic E-state index is -0.223. The fourth-order valence-electron chi connectivity index (χ4n) is 2.85. The number of nitrogens with one attached hydrogen (secondary N) is 1. The third kappa shape index (κ3) is 5.10. The molecule has 2 aromatic rings. The van der Waals surface area contributed by atoms with Gasteiger partial charge in [-0.25, -0.2) is 4.79 Å². The molecule has 132 valence electrons. The summed E-state index contributed by atoms with van der Waals surface area (Å²) in [6, 6.07) is 16.3. The molecule has 6 heteroatoms. The first kappa shape index (κ1) is 18.5. The molecule has 1 aliphatic rings. The van der Waals surface area contributed by atoms with E-state index in [1.165, 1.54) is 3.57 Å². The predicted molar refractivity (Wildman–Crippen MR) is 112 cm³/mol. The summed E-state index contributed by atoms with van der Waals surface area (Å²) in [7, 11) is 0. The molecule has 1 fully saturated rings. The van der Waals surface area contributed by atoms with Gasteiger partial charge in [-0.05, 0) is 69.1 Å². The summed E-state index contributed by atoms with van der Waals surface area (Å²) in [5, 5.41) is 3.59. The second kappa shape index (κ2) is 8.89. The van der Waals surface area contributed by atoms with Crippen molar-refractivity contribution in [1.29, 1.82) is 0 Å². The lowest BCUT2D eigenvalue weighted by Crippen LogP contribution is -2.42. The molecular weight excluding hydrogens is 495 g/mol. The highest BCUT2D eigenvalue weighted by Gasteiger charge is 2.24. The van der Waals surface area contributed by atoms with Crippen molar-refractivity contribution in [2.24, 2.45) is 0 Å². The predicted octanol–water partition coefficient (Wildman–Crippen LogP) is 5.27. The summed E-state index contributed by atoms with van der Waals surface area (Å²) >= 11 is 5.90. The molecule has 0 unspecified atom stereocenters. The van der Waals surface area contributed by atoms with Gasteiger partial charge in [0, 0.05) is 29.3 Å². The zero-order valence-electron chi connectivity index (χ0n) is 13.8. The maximum Gasteiger partial charge on any atom is 0.410 e. The topological polar surface area (TPSA) is 41.6 Å². The van der Waals surface area contributed by atoms with Gasteiger partial charge in [0.15, 0.2) is 0 Å². The lowest BCUT2D eigenvalue weighted by atomic mass is 10.1. The molecule has 0 saturated carbocycles. The molecule has 25 heavy (non-hydrogen) atoms. The van der Waals surface area contributed by atoms with Crippen molar-refractivity contribution in [2.45, 2.75) is 25.5 Å². The van der Waals surface area contributed by atoms with Gasteiger partial charge in [-0.15, -0.1) is 0 Å². The molecule has 2 aromatic carbocycles. The standard InChI is InChI=1S/C19H20BrIN2O2/c20-16-7-4-8-17(18(16)21)22-15-9-11-23(12-10-15)19(24)25-13-14-5-2-1-3-6-14/h1-8,15,22H,9-13H2. The maximum absolute atomic E-state index is 12.2. The van der Waals surface area contributed by atoms with E-state index in [0.717, 1.165) is 41.7 Å². The van der Waals surface area contributed by atoms with Crippen LogP contribution in [-0.2, 0) is 11.3 Å². The van der Waals surface area contributed by atoms with Crippen molar-refractivity contribution in [3.63, 3.8) is 0 Å². The van der Waals surface area contributed by atoms with Gasteiger partial charge in [-0.3, -0.25) is 0 Å². The second-order valence-electron chi connectivity index (χ2n) is 6.05. The Kier molecular flexibility index (Phi) is 6.58. The van der Waals surface area contributed by atoms with E-state index < -0.39 is 0 Å². The summed E-state index contributed by atoms with van der Waals surface area (Å²) in [5.41, 5.74) is 2.15. The number of benzene rings is 2. The van der Waals surface area contributed by atoms with E-state index in [1.54, 1.807) is 4.90 Å². The van der Waals surface area contributed by atoms with E-state index in [4.69, 9.17) is 4.74 Å². The van der Waals surface area contributed by atoms with Crippen LogP contribution >= 0.6 is 38.5 Å². The summed E-state index contributed by atoms with van der Waals surface area (Å²) in [6.45, 7) is 1.76. The van der Waals surface area contributed by atoms with Crippen molar-refractivity contribution < 1.29 is 9.53 Å². The van der Waals surface area contributed by atoms with Crippen LogP contribution in [0.25, 0.3) is 0 Å². The Hall–Kier alpha value is -1.28. The number of halogens is 2. The Balaban J connectivity index is 1.46. The van der Waals surface area contributed by atoms with Crippen molar-refractivity contribution in [3.05, 3.63) is 62.1 Å². The molecule has 1 amide bonds. The molecule has 0 bridgehead atoms. The summed E-state index contributed by atoms with van der Waals surface area (Å²) < 4.78 is 7.70. The number of amides is 1. The van der Waals surface area contributed by atoms with Crippen LogP contribution in [0.4, 0.5) is 10.5 Å². The van der Waals surface area contributed by atoms with E-state index >= 15 is 0 Å². The van der Waals surface area contributed by atoms with Crippen LogP contribution in [0, 0.1) is 3.57 Å². The molecule has 1 N–H and O–H groups in total. The number of carbonyl (C=O) groups is 1. The molecular formula is C19H20BrIN2O2. The lowest BCUT2D eigenvalue weighted by molar-refractivity contribution is 0.0882. The summed E-state index contributed by atoms with van der Waals surface area (Å²) in [4.78, 5) is 14.0. The Morgan fingerprint density at radius 2 is 1.88 bits per heavy atom. The Morgan fingerprint density at radius 3 is 2.60 bits per heavy atom. The Labute approximate surface area is 170 Å². The Bertz CT molecular complexity index is 719. The molecule has 4 nitrogen and oxygen atoms in total. The average Bonchev–Trinajstić information content (AvgIpc) is 2.65. The normalized spacial score (nSPS) is 15.0. The molecule has 0 aliphatic carbocycles. The zero-order valence-corrected chi connectivity index (χ0v) is 17.5. The van der Waals surface area contributed by atoms with Gasteiger partial charge in [0.1, 0.15) is 6.61 Å². The number of nitrogens with zero attached hydrogens (tertiary/aromatic N) is 1. The molecule has 0 atom stereocenters. The number of piperidine rings is 1. The minimum absolute atomic E-state index is 0.223. The molecule has 0 aromatic heterocycles. The smallest absolute Gasteiger partial charge is 0.410 e. The Morgan fingerprint density at radius 1 is 1.16 bits per heavy atom. The highest BCUT2D eigenvalue weighted by molar-refractivity contribution is 14.1. The first-order valence-corrected chi connectivity index (χ1v) is 10.2. The van der Waals surface area contributed by atoms with Crippen molar-refractivity contribution in [2.75, 3.05) is 18.4 Å². The van der Waals surface area contributed by atoms with Crippen molar-refractivity contribution in [3.8, 4) is 0 Å². The number of ether oxygens (including phenoxy) is 1. The molecule has 0 radical (unpaired) electrons. The molecule has 1 saturated heterocycles. The fraction of sp³-hybridized carbons (Fsp3) is 0.316. The van der Waals surface area contributed by atoms with E-state index in [0.29, 0.717) is 12.6 Å². The lowest BCUT2D eigenvalue weighted by Gasteiger charge is -2.32. The number of hydrogen-bond donors (Lipinski definition) is 1. The summed E-state index contributed by atoms with van der Waals surface area (Å²) in [5.74, 6) is 0. The number of rotatable bonds is 4. The molecule has 1 aliphatic heterocycles. The van der Waals surface area contributed by atoms with E-state index in [9.17, 15) is 4.79 Å². The fourth-order valence-corrected chi connectivity index (χ4v) is 3.73. The van der Waals surface area contributed by atoms with Crippen LogP contribution in [-0.4, -0.2) is 30.1 Å². The maximum atomic E-state index is 12.2. The van der Waals surface area contributed by atoms with Crippen molar-refractivity contribution >= 4 is 50.3 Å². The first-order chi connectivity index (χ1) is 12.1. The average molecular weight is 515 g/mol. The zero-order chi connectivity index (χ0) is 17.6. The van der Waals surface area contributed by atoms with Gasteiger partial charge in [-0.2, -0.15) is 0 Å². The van der Waals surface area contributed by atoms with E-state index in [2.05, 4.69) is 49.9 Å². The minimum Gasteiger partial charge on any atom is -0.445 e. The van der Waals surface area contributed by atoms with Gasteiger partial charge in [0.05, 0.1) is 3.57 Å². The molecule has 3 rings (SSSR count). The SMILES string of the molecule is O=C(OCc1ccccc1)N1CCC(Nc2cccc(Br)c2I)CC1.